The number of pyridine rings is 1. The van der Waals surface area contributed by atoms with Crippen LogP contribution >= 0.6 is 0 Å². The second-order valence-corrected chi connectivity index (χ2v) is 4.07. The molecule has 0 aliphatic carbocycles. The summed E-state index contributed by atoms with van der Waals surface area (Å²) in [7, 11) is 0. The normalized spacial score (nSPS) is 13.7. The lowest BCUT2D eigenvalue weighted by Gasteiger charge is -2.14. The number of rotatable bonds is 4. The summed E-state index contributed by atoms with van der Waals surface area (Å²) in [5.74, 6) is 0. The van der Waals surface area contributed by atoms with Crippen LogP contribution in [-0.2, 0) is 4.74 Å². The van der Waals surface area contributed by atoms with Gasteiger partial charge in [0, 0.05) is 17.1 Å². The number of hydrogen-bond acceptors (Lipinski definition) is 3. The Balaban J connectivity index is 2.11. The molecule has 0 saturated carbocycles. The lowest BCUT2D eigenvalue weighted by Crippen LogP contribution is -2.19. The van der Waals surface area contributed by atoms with Crippen molar-refractivity contribution in [1.29, 1.82) is 0 Å². The van der Waals surface area contributed by atoms with Gasteiger partial charge in [-0.2, -0.15) is 13.2 Å². The van der Waals surface area contributed by atoms with Crippen molar-refractivity contribution in [2.75, 3.05) is 13.2 Å². The Kier molecular flexibility index (Phi) is 4.01. The summed E-state index contributed by atoms with van der Waals surface area (Å²) in [6.45, 7) is -1.79. The van der Waals surface area contributed by atoms with E-state index in [2.05, 4.69) is 9.72 Å². The predicted molar refractivity (Wildman–Crippen MR) is 63.6 cm³/mol. The van der Waals surface area contributed by atoms with E-state index in [1.807, 2.05) is 12.1 Å². The van der Waals surface area contributed by atoms with E-state index in [0.717, 1.165) is 5.39 Å². The number of para-hydroxylation sites is 1. The molecule has 1 aromatic heterocycles. The van der Waals surface area contributed by atoms with Crippen molar-refractivity contribution in [2.24, 2.45) is 0 Å². The highest BCUT2D eigenvalue weighted by Gasteiger charge is 2.28. The molecule has 1 N–H and O–H groups in total. The van der Waals surface area contributed by atoms with E-state index in [9.17, 15) is 18.3 Å². The monoisotopic (exact) mass is 271 g/mol. The van der Waals surface area contributed by atoms with Gasteiger partial charge >= 0.3 is 6.18 Å². The van der Waals surface area contributed by atoms with E-state index in [1.54, 1.807) is 24.4 Å². The molecule has 3 nitrogen and oxygen atoms in total. The summed E-state index contributed by atoms with van der Waals surface area (Å²) in [6, 6.07) is 8.71. The molecule has 2 aromatic rings. The fraction of sp³-hybridized carbons (Fsp3) is 0.308. The number of aliphatic hydroxyl groups is 1. The van der Waals surface area contributed by atoms with Crippen LogP contribution < -0.4 is 0 Å². The standard InChI is InChI=1S/C13H12F3NO2/c14-13(15,16)8-19-7-11(18)10-5-1-3-9-4-2-6-17-12(9)10/h1-6,11,18H,7-8H2. The number of aromatic nitrogens is 1. The second kappa shape index (κ2) is 5.54. The zero-order valence-corrected chi connectivity index (χ0v) is 9.89. The molecule has 0 aliphatic heterocycles. The van der Waals surface area contributed by atoms with E-state index in [1.165, 1.54) is 0 Å². The Hall–Kier alpha value is -1.66. The average molecular weight is 271 g/mol. The smallest absolute Gasteiger partial charge is 0.386 e. The number of nitrogens with zero attached hydrogens (tertiary/aromatic N) is 1. The van der Waals surface area contributed by atoms with Crippen molar-refractivity contribution in [2.45, 2.75) is 12.3 Å². The van der Waals surface area contributed by atoms with Crippen molar-refractivity contribution in [3.05, 3.63) is 42.1 Å². The summed E-state index contributed by atoms with van der Waals surface area (Å²) in [4.78, 5) is 4.12. The maximum Gasteiger partial charge on any atom is 0.411 e. The van der Waals surface area contributed by atoms with Gasteiger partial charge in [0.25, 0.3) is 0 Å². The molecule has 0 fully saturated rings. The third-order valence-corrected chi connectivity index (χ3v) is 2.56. The lowest BCUT2D eigenvalue weighted by molar-refractivity contribution is -0.179. The van der Waals surface area contributed by atoms with Gasteiger partial charge in [0.1, 0.15) is 12.7 Å². The van der Waals surface area contributed by atoms with Crippen LogP contribution in [0.5, 0.6) is 0 Å². The zero-order valence-electron chi connectivity index (χ0n) is 9.89. The van der Waals surface area contributed by atoms with Crippen LogP contribution in [0, 0.1) is 0 Å². The highest BCUT2D eigenvalue weighted by Crippen LogP contribution is 2.23. The van der Waals surface area contributed by atoms with Crippen LogP contribution in [0.2, 0.25) is 0 Å². The van der Waals surface area contributed by atoms with Gasteiger partial charge in [-0.25, -0.2) is 0 Å². The maximum absolute atomic E-state index is 11.9. The number of ether oxygens (including phenoxy) is 1. The Bertz CT molecular complexity index is 552. The minimum atomic E-state index is -4.39. The van der Waals surface area contributed by atoms with Gasteiger partial charge in [-0.1, -0.05) is 24.3 Å². The van der Waals surface area contributed by atoms with Gasteiger partial charge in [-0.05, 0) is 6.07 Å². The molecule has 102 valence electrons. The first kappa shape index (κ1) is 13.8. The van der Waals surface area contributed by atoms with Gasteiger partial charge in [0.15, 0.2) is 0 Å². The van der Waals surface area contributed by atoms with E-state index < -0.39 is 25.5 Å². The van der Waals surface area contributed by atoms with Gasteiger partial charge in [0.2, 0.25) is 0 Å². The summed E-state index contributed by atoms with van der Waals surface area (Å²) in [6.07, 6.45) is -3.97. The minimum absolute atomic E-state index is 0.421. The molecule has 0 aliphatic rings. The second-order valence-electron chi connectivity index (χ2n) is 4.07. The Morgan fingerprint density at radius 2 is 1.95 bits per heavy atom. The summed E-state index contributed by atoms with van der Waals surface area (Å²) < 4.78 is 40.3. The predicted octanol–water partition coefficient (Wildman–Crippen LogP) is 2.85. The molecule has 1 atom stereocenters. The highest BCUT2D eigenvalue weighted by atomic mass is 19.4. The number of aliphatic hydroxyl groups excluding tert-OH is 1. The Morgan fingerprint density at radius 1 is 1.21 bits per heavy atom. The first-order chi connectivity index (χ1) is 8.97. The van der Waals surface area contributed by atoms with Crippen LogP contribution in [-0.4, -0.2) is 29.5 Å². The van der Waals surface area contributed by atoms with E-state index >= 15 is 0 Å². The van der Waals surface area contributed by atoms with Crippen LogP contribution in [0.15, 0.2) is 36.5 Å². The van der Waals surface area contributed by atoms with Gasteiger partial charge in [-0.15, -0.1) is 0 Å². The molecule has 6 heteroatoms. The van der Waals surface area contributed by atoms with Crippen LogP contribution in [0.4, 0.5) is 13.2 Å². The van der Waals surface area contributed by atoms with Gasteiger partial charge in [-0.3, -0.25) is 4.98 Å². The van der Waals surface area contributed by atoms with Crippen molar-refractivity contribution in [3.63, 3.8) is 0 Å². The molecule has 1 aromatic carbocycles. The topological polar surface area (TPSA) is 42.4 Å². The van der Waals surface area contributed by atoms with Crippen molar-refractivity contribution < 1.29 is 23.0 Å². The van der Waals surface area contributed by atoms with Crippen molar-refractivity contribution in [1.82, 2.24) is 4.98 Å². The summed E-state index contributed by atoms with van der Waals surface area (Å²) in [5.41, 5.74) is 1.02. The molecule has 19 heavy (non-hydrogen) atoms. The molecular formula is C13H12F3NO2. The molecule has 1 heterocycles. The number of benzene rings is 1. The molecule has 0 radical (unpaired) electrons. The number of alkyl halides is 3. The molecule has 1 unspecified atom stereocenters. The van der Waals surface area contributed by atoms with E-state index in [-0.39, 0.29) is 0 Å². The third kappa shape index (κ3) is 3.65. The quantitative estimate of drug-likeness (QED) is 0.929. The SMILES string of the molecule is OC(COCC(F)(F)F)c1cccc2cccnc12. The van der Waals surface area contributed by atoms with Crippen LogP contribution in [0.1, 0.15) is 11.7 Å². The first-order valence-electron chi connectivity index (χ1n) is 5.63. The molecule has 0 spiro atoms. The minimum Gasteiger partial charge on any atom is -0.386 e. The third-order valence-electron chi connectivity index (χ3n) is 2.56. The number of fused-ring (bicyclic) bond motifs is 1. The molecule has 2 rings (SSSR count). The summed E-state index contributed by atoms with van der Waals surface area (Å²) in [5, 5.41) is 10.7. The first-order valence-corrected chi connectivity index (χ1v) is 5.63. The average Bonchev–Trinajstić information content (AvgIpc) is 2.36. The zero-order chi connectivity index (χ0) is 13.9. The van der Waals surface area contributed by atoms with E-state index in [4.69, 9.17) is 0 Å². The van der Waals surface area contributed by atoms with Crippen molar-refractivity contribution in [3.8, 4) is 0 Å². The number of halogens is 3. The fourth-order valence-corrected chi connectivity index (χ4v) is 1.77. The molecule has 0 amide bonds. The molecular weight excluding hydrogens is 259 g/mol. The maximum atomic E-state index is 11.9. The van der Waals surface area contributed by atoms with Crippen LogP contribution in [0.3, 0.4) is 0 Å². The largest absolute Gasteiger partial charge is 0.411 e. The lowest BCUT2D eigenvalue weighted by atomic mass is 10.1. The highest BCUT2D eigenvalue weighted by molar-refractivity contribution is 5.81. The molecule has 0 bridgehead atoms. The Labute approximate surface area is 107 Å². The Morgan fingerprint density at radius 3 is 2.68 bits per heavy atom. The summed E-state index contributed by atoms with van der Waals surface area (Å²) >= 11 is 0. The molecule has 0 saturated heterocycles. The number of hydrogen-bond donors (Lipinski definition) is 1. The van der Waals surface area contributed by atoms with E-state index in [0.29, 0.717) is 11.1 Å². The van der Waals surface area contributed by atoms with Gasteiger partial charge in [0.05, 0.1) is 12.1 Å². The van der Waals surface area contributed by atoms with Crippen molar-refractivity contribution >= 4 is 10.9 Å². The fourth-order valence-electron chi connectivity index (χ4n) is 1.77. The van der Waals surface area contributed by atoms with Gasteiger partial charge < -0.3 is 9.84 Å². The van der Waals surface area contributed by atoms with Crippen LogP contribution in [0.25, 0.3) is 10.9 Å².